The van der Waals surface area contributed by atoms with E-state index in [0.29, 0.717) is 5.75 Å². The standard InChI is InChI=1S/C11H12O4/c1-3-10(12)15-11(13)8-6-4-5-7-9(8)14-2/h4-7H,3H2,1-2H3. The first-order chi connectivity index (χ1) is 7.19. The molecule has 0 aliphatic rings. The molecule has 0 radical (unpaired) electrons. The summed E-state index contributed by atoms with van der Waals surface area (Å²) >= 11 is 0. The minimum Gasteiger partial charge on any atom is -0.496 e. The Hall–Kier alpha value is -1.84. The Morgan fingerprint density at radius 2 is 1.93 bits per heavy atom. The van der Waals surface area contributed by atoms with Crippen LogP contribution in [-0.2, 0) is 9.53 Å². The smallest absolute Gasteiger partial charge is 0.349 e. The maximum atomic E-state index is 11.5. The van der Waals surface area contributed by atoms with Crippen LogP contribution >= 0.6 is 0 Å². The van der Waals surface area contributed by atoms with Crippen LogP contribution in [0, 0.1) is 0 Å². The fraction of sp³-hybridized carbons (Fsp3) is 0.273. The van der Waals surface area contributed by atoms with E-state index in [-0.39, 0.29) is 12.0 Å². The average Bonchev–Trinajstić information content (AvgIpc) is 2.28. The fourth-order valence-corrected chi connectivity index (χ4v) is 1.04. The number of carbonyl (C=O) groups excluding carboxylic acids is 2. The van der Waals surface area contributed by atoms with Gasteiger partial charge in [-0.2, -0.15) is 0 Å². The highest BCUT2D eigenvalue weighted by molar-refractivity contribution is 5.98. The molecule has 4 nitrogen and oxygen atoms in total. The zero-order valence-corrected chi connectivity index (χ0v) is 8.65. The van der Waals surface area contributed by atoms with Gasteiger partial charge >= 0.3 is 11.9 Å². The van der Waals surface area contributed by atoms with E-state index in [1.165, 1.54) is 7.11 Å². The van der Waals surface area contributed by atoms with Gasteiger partial charge in [0, 0.05) is 6.42 Å². The molecule has 0 aliphatic heterocycles. The lowest BCUT2D eigenvalue weighted by molar-refractivity contribution is -0.137. The van der Waals surface area contributed by atoms with Gasteiger partial charge in [0.15, 0.2) is 0 Å². The van der Waals surface area contributed by atoms with Crippen molar-refractivity contribution >= 4 is 11.9 Å². The SMILES string of the molecule is CCC(=O)OC(=O)c1ccccc1OC. The second-order valence-electron chi connectivity index (χ2n) is 2.82. The van der Waals surface area contributed by atoms with Gasteiger partial charge < -0.3 is 9.47 Å². The van der Waals surface area contributed by atoms with Crippen LogP contribution in [0.5, 0.6) is 5.75 Å². The lowest BCUT2D eigenvalue weighted by Crippen LogP contribution is -2.12. The molecule has 0 spiro atoms. The average molecular weight is 208 g/mol. The molecule has 4 heteroatoms. The van der Waals surface area contributed by atoms with Crippen molar-refractivity contribution < 1.29 is 19.1 Å². The molecule has 0 bridgehead atoms. The van der Waals surface area contributed by atoms with Crippen LogP contribution in [0.25, 0.3) is 0 Å². The molecule has 0 fully saturated rings. The molecule has 0 N–H and O–H groups in total. The first kappa shape index (κ1) is 11.2. The van der Waals surface area contributed by atoms with E-state index in [1.54, 1.807) is 31.2 Å². The Morgan fingerprint density at radius 3 is 2.53 bits per heavy atom. The Kier molecular flexibility index (Phi) is 3.85. The molecule has 1 aromatic rings. The quantitative estimate of drug-likeness (QED) is 0.561. The Morgan fingerprint density at radius 1 is 1.27 bits per heavy atom. The largest absolute Gasteiger partial charge is 0.496 e. The van der Waals surface area contributed by atoms with Gasteiger partial charge in [-0.3, -0.25) is 4.79 Å². The third-order valence-corrected chi connectivity index (χ3v) is 1.82. The van der Waals surface area contributed by atoms with Crippen LogP contribution in [-0.4, -0.2) is 19.0 Å². The third-order valence-electron chi connectivity index (χ3n) is 1.82. The van der Waals surface area contributed by atoms with Gasteiger partial charge in [0.1, 0.15) is 11.3 Å². The summed E-state index contributed by atoms with van der Waals surface area (Å²) in [6.07, 6.45) is 0.168. The van der Waals surface area contributed by atoms with Crippen molar-refractivity contribution in [3.63, 3.8) is 0 Å². The number of carbonyl (C=O) groups is 2. The molecule has 0 saturated carbocycles. The number of hydrogen-bond acceptors (Lipinski definition) is 4. The number of para-hydroxylation sites is 1. The molecule has 0 aromatic heterocycles. The summed E-state index contributed by atoms with van der Waals surface area (Å²) in [7, 11) is 1.45. The van der Waals surface area contributed by atoms with E-state index < -0.39 is 11.9 Å². The Balaban J connectivity index is 2.86. The van der Waals surface area contributed by atoms with E-state index in [2.05, 4.69) is 4.74 Å². The molecule has 1 aromatic carbocycles. The minimum atomic E-state index is -0.681. The number of hydrogen-bond donors (Lipinski definition) is 0. The van der Waals surface area contributed by atoms with Gasteiger partial charge in [0.05, 0.1) is 7.11 Å². The van der Waals surface area contributed by atoms with Crippen molar-refractivity contribution in [1.29, 1.82) is 0 Å². The summed E-state index contributed by atoms with van der Waals surface area (Å²) in [5.41, 5.74) is 0.252. The highest BCUT2D eigenvalue weighted by Crippen LogP contribution is 2.18. The predicted octanol–water partition coefficient (Wildman–Crippen LogP) is 1.79. The molecular weight excluding hydrogens is 196 g/mol. The highest BCUT2D eigenvalue weighted by Gasteiger charge is 2.15. The van der Waals surface area contributed by atoms with Crippen LogP contribution in [0.1, 0.15) is 23.7 Å². The van der Waals surface area contributed by atoms with Gasteiger partial charge in [-0.05, 0) is 12.1 Å². The second-order valence-corrected chi connectivity index (χ2v) is 2.82. The number of methoxy groups -OCH3 is 1. The molecule has 15 heavy (non-hydrogen) atoms. The van der Waals surface area contributed by atoms with Crippen molar-refractivity contribution in [1.82, 2.24) is 0 Å². The molecule has 0 atom stereocenters. The number of esters is 2. The van der Waals surface area contributed by atoms with Crippen molar-refractivity contribution in [2.75, 3.05) is 7.11 Å². The lowest BCUT2D eigenvalue weighted by Gasteiger charge is -2.06. The normalized spacial score (nSPS) is 9.47. The van der Waals surface area contributed by atoms with E-state index >= 15 is 0 Å². The van der Waals surface area contributed by atoms with Crippen LogP contribution in [0.3, 0.4) is 0 Å². The summed E-state index contributed by atoms with van der Waals surface area (Å²) in [4.78, 5) is 22.4. The van der Waals surface area contributed by atoms with Crippen LogP contribution in [0.15, 0.2) is 24.3 Å². The van der Waals surface area contributed by atoms with Gasteiger partial charge in [-0.1, -0.05) is 19.1 Å². The molecule has 0 unspecified atom stereocenters. The maximum absolute atomic E-state index is 11.5. The predicted molar refractivity (Wildman–Crippen MR) is 53.7 cm³/mol. The van der Waals surface area contributed by atoms with Gasteiger partial charge in [0.2, 0.25) is 0 Å². The summed E-state index contributed by atoms with van der Waals surface area (Å²) in [5.74, 6) is -0.836. The number of rotatable bonds is 3. The molecule has 0 heterocycles. The zero-order chi connectivity index (χ0) is 11.3. The molecule has 0 amide bonds. The second kappa shape index (κ2) is 5.14. The third kappa shape index (κ3) is 2.80. The van der Waals surface area contributed by atoms with Crippen LogP contribution in [0.2, 0.25) is 0 Å². The van der Waals surface area contributed by atoms with Crippen LogP contribution < -0.4 is 4.74 Å². The monoisotopic (exact) mass is 208 g/mol. The molecule has 0 aliphatic carbocycles. The van der Waals surface area contributed by atoms with Gasteiger partial charge in [-0.15, -0.1) is 0 Å². The zero-order valence-electron chi connectivity index (χ0n) is 8.65. The Labute approximate surface area is 87.8 Å². The summed E-state index contributed by atoms with van der Waals surface area (Å²) in [6.45, 7) is 1.62. The first-order valence-corrected chi connectivity index (χ1v) is 4.57. The van der Waals surface area contributed by atoms with E-state index in [4.69, 9.17) is 4.74 Å². The van der Waals surface area contributed by atoms with Gasteiger partial charge in [0.25, 0.3) is 0 Å². The molecule has 1 rings (SSSR count). The van der Waals surface area contributed by atoms with Gasteiger partial charge in [-0.25, -0.2) is 4.79 Å². The highest BCUT2D eigenvalue weighted by atomic mass is 16.6. The van der Waals surface area contributed by atoms with Crippen LogP contribution in [0.4, 0.5) is 0 Å². The molecule has 0 saturated heterocycles. The summed E-state index contributed by atoms with van der Waals surface area (Å²) in [6, 6.07) is 6.59. The van der Waals surface area contributed by atoms with Crippen molar-refractivity contribution in [2.45, 2.75) is 13.3 Å². The minimum absolute atomic E-state index is 0.168. The first-order valence-electron chi connectivity index (χ1n) is 4.57. The Bertz CT molecular complexity index is 371. The van der Waals surface area contributed by atoms with E-state index in [0.717, 1.165) is 0 Å². The lowest BCUT2D eigenvalue weighted by atomic mass is 10.2. The summed E-state index contributed by atoms with van der Waals surface area (Å²) in [5, 5.41) is 0. The molecule has 80 valence electrons. The topological polar surface area (TPSA) is 52.6 Å². The van der Waals surface area contributed by atoms with Crippen molar-refractivity contribution in [3.05, 3.63) is 29.8 Å². The molecular formula is C11H12O4. The van der Waals surface area contributed by atoms with E-state index in [1.807, 2.05) is 0 Å². The van der Waals surface area contributed by atoms with Crippen molar-refractivity contribution in [2.24, 2.45) is 0 Å². The number of benzene rings is 1. The van der Waals surface area contributed by atoms with Crippen molar-refractivity contribution in [3.8, 4) is 5.75 Å². The van der Waals surface area contributed by atoms with E-state index in [9.17, 15) is 9.59 Å². The summed E-state index contributed by atoms with van der Waals surface area (Å²) < 4.78 is 9.54. The fourth-order valence-electron chi connectivity index (χ4n) is 1.04. The maximum Gasteiger partial charge on any atom is 0.349 e. The number of ether oxygens (including phenoxy) is 2.